The molecule has 0 radical (unpaired) electrons. The van der Waals surface area contributed by atoms with Crippen molar-refractivity contribution in [2.75, 3.05) is 12.3 Å². The number of benzene rings is 1. The van der Waals surface area contributed by atoms with Gasteiger partial charge in [0.2, 0.25) is 0 Å². The van der Waals surface area contributed by atoms with Crippen LogP contribution in [0.4, 0.5) is 5.69 Å². The van der Waals surface area contributed by atoms with Gasteiger partial charge in [0.15, 0.2) is 6.61 Å². The fourth-order valence-electron chi connectivity index (χ4n) is 1.78. The topological polar surface area (TPSA) is 82.2 Å². The highest BCUT2D eigenvalue weighted by molar-refractivity contribution is 5.77. The van der Waals surface area contributed by atoms with E-state index in [9.17, 15) is 4.79 Å². The molecule has 0 saturated carbocycles. The van der Waals surface area contributed by atoms with Gasteiger partial charge in [-0.1, -0.05) is 0 Å². The minimum Gasteiger partial charge on any atom is -0.484 e. The lowest BCUT2D eigenvalue weighted by atomic mass is 10.2. The second-order valence-electron chi connectivity index (χ2n) is 4.55. The lowest BCUT2D eigenvalue weighted by Gasteiger charge is -2.07. The van der Waals surface area contributed by atoms with Gasteiger partial charge in [-0.05, 0) is 31.2 Å². The van der Waals surface area contributed by atoms with Gasteiger partial charge in [0.05, 0.1) is 5.69 Å². The molecule has 2 rings (SSSR count). The van der Waals surface area contributed by atoms with Crippen molar-refractivity contribution in [1.82, 2.24) is 15.1 Å². The third-order valence-electron chi connectivity index (χ3n) is 2.84. The Morgan fingerprint density at radius 2 is 2.10 bits per heavy atom. The Labute approximate surface area is 117 Å². The van der Waals surface area contributed by atoms with Gasteiger partial charge in [0.25, 0.3) is 5.91 Å². The molecular weight excluding hydrogens is 256 g/mol. The molecule has 0 aliphatic rings. The summed E-state index contributed by atoms with van der Waals surface area (Å²) in [5.41, 5.74) is 8.13. The molecule has 2 aromatic rings. The molecule has 0 atom stereocenters. The molecule has 0 aliphatic carbocycles. The number of nitrogen functional groups attached to an aromatic ring is 1. The zero-order valence-electron chi connectivity index (χ0n) is 11.6. The van der Waals surface area contributed by atoms with Crippen LogP contribution in [0, 0.1) is 6.92 Å². The highest BCUT2D eigenvalue weighted by atomic mass is 16.5. The van der Waals surface area contributed by atoms with E-state index in [2.05, 4.69) is 10.4 Å². The monoisotopic (exact) mass is 274 g/mol. The number of nitrogens with one attached hydrogen (secondary N) is 1. The summed E-state index contributed by atoms with van der Waals surface area (Å²) in [5.74, 6) is 0.442. The Morgan fingerprint density at radius 1 is 1.40 bits per heavy atom. The van der Waals surface area contributed by atoms with Crippen LogP contribution in [0.15, 0.2) is 30.5 Å². The molecule has 1 amide bonds. The van der Waals surface area contributed by atoms with Crippen LogP contribution in [0.5, 0.6) is 5.75 Å². The van der Waals surface area contributed by atoms with Crippen molar-refractivity contribution in [2.24, 2.45) is 7.05 Å². The fourth-order valence-corrected chi connectivity index (χ4v) is 1.78. The Balaban J connectivity index is 1.78. The Bertz CT molecular complexity index is 590. The predicted molar refractivity (Wildman–Crippen MR) is 76.1 cm³/mol. The van der Waals surface area contributed by atoms with E-state index in [1.165, 1.54) is 0 Å². The number of aromatic nitrogens is 2. The first-order chi connectivity index (χ1) is 9.54. The molecule has 6 heteroatoms. The van der Waals surface area contributed by atoms with Gasteiger partial charge in [-0.3, -0.25) is 9.48 Å². The van der Waals surface area contributed by atoms with Crippen LogP contribution >= 0.6 is 0 Å². The molecule has 20 heavy (non-hydrogen) atoms. The minimum atomic E-state index is -0.176. The van der Waals surface area contributed by atoms with E-state index in [1.54, 1.807) is 28.9 Å². The summed E-state index contributed by atoms with van der Waals surface area (Å²) >= 11 is 0. The molecule has 0 aliphatic heterocycles. The van der Waals surface area contributed by atoms with Gasteiger partial charge < -0.3 is 15.8 Å². The predicted octanol–water partition coefficient (Wildman–Crippen LogP) is 1.01. The number of hydrogen-bond donors (Lipinski definition) is 2. The summed E-state index contributed by atoms with van der Waals surface area (Å²) in [6.45, 7) is 2.33. The first kappa shape index (κ1) is 13.9. The number of carbonyl (C=O) groups excluding carboxylic acids is 1. The van der Waals surface area contributed by atoms with Crippen molar-refractivity contribution in [2.45, 2.75) is 13.5 Å². The van der Waals surface area contributed by atoms with Crippen molar-refractivity contribution in [3.05, 3.63) is 41.7 Å². The second kappa shape index (κ2) is 6.10. The Kier molecular flexibility index (Phi) is 4.24. The number of nitrogens with zero attached hydrogens (tertiary/aromatic N) is 2. The van der Waals surface area contributed by atoms with Crippen LogP contribution in [0.25, 0.3) is 0 Å². The fraction of sp³-hybridized carbons (Fsp3) is 0.286. The minimum absolute atomic E-state index is 0.0246. The summed E-state index contributed by atoms with van der Waals surface area (Å²) in [6, 6.07) is 6.92. The number of rotatable bonds is 5. The maximum absolute atomic E-state index is 11.7. The van der Waals surface area contributed by atoms with Gasteiger partial charge >= 0.3 is 0 Å². The standard InChI is InChI=1S/C14H18N4O2/c1-10-11(8-18(2)17-10)7-16-14(19)9-20-13-5-3-12(15)4-6-13/h3-6,8H,7,9,15H2,1-2H3,(H,16,19). The average Bonchev–Trinajstić information content (AvgIpc) is 2.74. The smallest absolute Gasteiger partial charge is 0.258 e. The van der Waals surface area contributed by atoms with Gasteiger partial charge in [-0.25, -0.2) is 0 Å². The highest BCUT2D eigenvalue weighted by Gasteiger charge is 2.06. The van der Waals surface area contributed by atoms with E-state index in [0.717, 1.165) is 11.3 Å². The van der Waals surface area contributed by atoms with E-state index in [4.69, 9.17) is 10.5 Å². The molecule has 0 saturated heterocycles. The molecule has 3 N–H and O–H groups in total. The van der Waals surface area contributed by atoms with Crippen LogP contribution in [0.2, 0.25) is 0 Å². The van der Waals surface area contributed by atoms with E-state index >= 15 is 0 Å². The quantitative estimate of drug-likeness (QED) is 0.797. The summed E-state index contributed by atoms with van der Waals surface area (Å²) < 4.78 is 7.08. The molecule has 0 spiro atoms. The lowest BCUT2D eigenvalue weighted by molar-refractivity contribution is -0.123. The van der Waals surface area contributed by atoms with Gasteiger partial charge in [-0.15, -0.1) is 0 Å². The maximum Gasteiger partial charge on any atom is 0.258 e. The zero-order valence-corrected chi connectivity index (χ0v) is 11.6. The number of ether oxygens (including phenoxy) is 1. The highest BCUT2D eigenvalue weighted by Crippen LogP contribution is 2.12. The van der Waals surface area contributed by atoms with Crippen molar-refractivity contribution >= 4 is 11.6 Å². The summed E-state index contributed by atoms with van der Waals surface area (Å²) in [6.07, 6.45) is 1.89. The number of nitrogens with two attached hydrogens (primary N) is 1. The van der Waals surface area contributed by atoms with Crippen LogP contribution in [0.1, 0.15) is 11.3 Å². The Morgan fingerprint density at radius 3 is 2.70 bits per heavy atom. The number of hydrogen-bond acceptors (Lipinski definition) is 4. The van der Waals surface area contributed by atoms with Crippen molar-refractivity contribution < 1.29 is 9.53 Å². The largest absolute Gasteiger partial charge is 0.484 e. The third kappa shape index (κ3) is 3.74. The lowest BCUT2D eigenvalue weighted by Crippen LogP contribution is -2.28. The molecule has 1 aromatic carbocycles. The van der Waals surface area contributed by atoms with E-state index < -0.39 is 0 Å². The number of carbonyl (C=O) groups is 1. The molecule has 6 nitrogen and oxygen atoms in total. The molecule has 0 fully saturated rings. The third-order valence-corrected chi connectivity index (χ3v) is 2.84. The molecule has 1 aromatic heterocycles. The first-order valence-electron chi connectivity index (χ1n) is 6.29. The van der Waals surface area contributed by atoms with Crippen LogP contribution < -0.4 is 15.8 Å². The summed E-state index contributed by atoms with van der Waals surface area (Å²) in [4.78, 5) is 11.7. The SMILES string of the molecule is Cc1nn(C)cc1CNC(=O)COc1ccc(N)cc1. The van der Waals surface area contributed by atoms with Gasteiger partial charge in [0.1, 0.15) is 5.75 Å². The molecule has 0 bridgehead atoms. The zero-order chi connectivity index (χ0) is 14.5. The van der Waals surface area contributed by atoms with Crippen LogP contribution in [-0.2, 0) is 18.4 Å². The van der Waals surface area contributed by atoms with Crippen LogP contribution in [0.3, 0.4) is 0 Å². The van der Waals surface area contributed by atoms with Gasteiger partial charge in [-0.2, -0.15) is 5.10 Å². The van der Waals surface area contributed by atoms with Crippen LogP contribution in [-0.4, -0.2) is 22.3 Å². The number of amides is 1. The van der Waals surface area contributed by atoms with Crippen molar-refractivity contribution in [3.63, 3.8) is 0 Å². The van der Waals surface area contributed by atoms with Crippen molar-refractivity contribution in [1.29, 1.82) is 0 Å². The molecule has 0 unspecified atom stereocenters. The van der Waals surface area contributed by atoms with E-state index in [1.807, 2.05) is 20.2 Å². The first-order valence-corrected chi connectivity index (χ1v) is 6.29. The average molecular weight is 274 g/mol. The normalized spacial score (nSPS) is 10.3. The van der Waals surface area contributed by atoms with E-state index in [0.29, 0.717) is 18.0 Å². The number of aryl methyl sites for hydroxylation is 2. The molecular formula is C14H18N4O2. The molecule has 106 valence electrons. The second-order valence-corrected chi connectivity index (χ2v) is 4.55. The molecule has 1 heterocycles. The van der Waals surface area contributed by atoms with Gasteiger partial charge in [0, 0.05) is 31.0 Å². The maximum atomic E-state index is 11.7. The summed E-state index contributed by atoms with van der Waals surface area (Å²) in [5, 5.41) is 7.01. The van der Waals surface area contributed by atoms with Crippen molar-refractivity contribution in [3.8, 4) is 5.75 Å². The Hall–Kier alpha value is -2.50. The van der Waals surface area contributed by atoms with E-state index in [-0.39, 0.29) is 12.5 Å². The summed E-state index contributed by atoms with van der Waals surface area (Å²) in [7, 11) is 1.85. The number of anilines is 1.